The molecule has 0 aromatic heterocycles. The van der Waals surface area contributed by atoms with Crippen molar-refractivity contribution >= 4 is 27.4 Å². The molecular formula is C8H8N2O6S. The minimum Gasteiger partial charge on any atom is -0.326 e. The number of amides is 1. The molecule has 0 aliphatic heterocycles. The number of non-ortho nitro benzene ring substituents is 1. The number of nitro benzene ring substituents is 1. The topological polar surface area (TPSA) is 127 Å². The van der Waals surface area contributed by atoms with Gasteiger partial charge in [-0.1, -0.05) is 0 Å². The minimum absolute atomic E-state index is 0.0840. The van der Waals surface area contributed by atoms with Crippen LogP contribution in [0.1, 0.15) is 6.92 Å². The molecule has 0 aliphatic rings. The maximum absolute atomic E-state index is 10.9. The van der Waals surface area contributed by atoms with Crippen molar-refractivity contribution < 1.29 is 22.7 Å². The molecule has 0 fully saturated rings. The summed E-state index contributed by atoms with van der Waals surface area (Å²) in [6.45, 7) is 1.16. The Bertz CT molecular complexity index is 580. The maximum Gasteiger partial charge on any atom is 0.294 e. The number of hydrogen-bond donors (Lipinski definition) is 2. The summed E-state index contributed by atoms with van der Waals surface area (Å²) in [6, 6.07) is 2.60. The number of nitrogens with one attached hydrogen (secondary N) is 1. The van der Waals surface area contributed by atoms with Crippen molar-refractivity contribution in [2.24, 2.45) is 0 Å². The van der Waals surface area contributed by atoms with E-state index < -0.39 is 31.5 Å². The molecule has 1 amide bonds. The van der Waals surface area contributed by atoms with E-state index in [0.717, 1.165) is 19.1 Å². The lowest BCUT2D eigenvalue weighted by molar-refractivity contribution is -0.385. The lowest BCUT2D eigenvalue weighted by atomic mass is 10.3. The van der Waals surface area contributed by atoms with Crippen molar-refractivity contribution in [2.45, 2.75) is 11.8 Å². The third-order valence-corrected chi connectivity index (χ3v) is 2.55. The molecule has 0 atom stereocenters. The molecule has 17 heavy (non-hydrogen) atoms. The molecule has 0 aliphatic carbocycles. The summed E-state index contributed by atoms with van der Waals surface area (Å²) in [6.07, 6.45) is 0. The van der Waals surface area contributed by atoms with Gasteiger partial charge >= 0.3 is 0 Å². The van der Waals surface area contributed by atoms with Crippen molar-refractivity contribution in [3.8, 4) is 0 Å². The van der Waals surface area contributed by atoms with Crippen LogP contribution >= 0.6 is 0 Å². The Hall–Kier alpha value is -2.00. The van der Waals surface area contributed by atoms with Crippen LogP contribution in [0.5, 0.6) is 0 Å². The lowest BCUT2D eigenvalue weighted by Crippen LogP contribution is -2.08. The molecule has 0 saturated carbocycles. The monoisotopic (exact) mass is 260 g/mol. The third-order valence-electron chi connectivity index (χ3n) is 1.72. The van der Waals surface area contributed by atoms with Crippen molar-refractivity contribution in [1.29, 1.82) is 0 Å². The third kappa shape index (κ3) is 3.50. The van der Waals surface area contributed by atoms with E-state index >= 15 is 0 Å². The van der Waals surface area contributed by atoms with Crippen LogP contribution in [0, 0.1) is 10.1 Å². The van der Waals surface area contributed by atoms with E-state index in [2.05, 4.69) is 5.32 Å². The molecule has 2 N–H and O–H groups in total. The highest BCUT2D eigenvalue weighted by atomic mass is 32.2. The van der Waals surface area contributed by atoms with Gasteiger partial charge in [-0.3, -0.25) is 19.5 Å². The molecule has 1 rings (SSSR count). The van der Waals surface area contributed by atoms with Gasteiger partial charge in [0.25, 0.3) is 15.8 Å². The number of nitrogens with zero attached hydrogens (tertiary/aromatic N) is 1. The Kier molecular flexibility index (Phi) is 3.44. The number of rotatable bonds is 3. The number of carbonyl (C=O) groups excluding carboxylic acids is 1. The molecule has 0 radical (unpaired) electrons. The van der Waals surface area contributed by atoms with Crippen LogP contribution < -0.4 is 5.32 Å². The molecule has 92 valence electrons. The summed E-state index contributed by atoms with van der Waals surface area (Å²) < 4.78 is 30.5. The fourth-order valence-corrected chi connectivity index (χ4v) is 1.66. The quantitative estimate of drug-likeness (QED) is 0.470. The Morgan fingerprint density at radius 3 is 2.41 bits per heavy atom. The Morgan fingerprint density at radius 2 is 2.00 bits per heavy atom. The molecule has 0 bridgehead atoms. The Labute approximate surface area is 96.2 Å². The second kappa shape index (κ2) is 4.47. The normalized spacial score (nSPS) is 10.9. The van der Waals surface area contributed by atoms with Crippen LogP contribution in [0.4, 0.5) is 11.4 Å². The van der Waals surface area contributed by atoms with Gasteiger partial charge in [0.2, 0.25) is 5.91 Å². The molecule has 0 heterocycles. The van der Waals surface area contributed by atoms with E-state index in [-0.39, 0.29) is 5.69 Å². The summed E-state index contributed by atoms with van der Waals surface area (Å²) in [4.78, 5) is 19.8. The standard InChI is InChI=1S/C8H8N2O6S/c1-5(11)9-6-2-7(10(12)13)4-8(3-6)17(14,15)16/h2-4H,1H3,(H,9,11)(H,14,15,16). The first-order chi connectivity index (χ1) is 7.70. The number of nitro groups is 1. The molecule has 9 heteroatoms. The summed E-state index contributed by atoms with van der Waals surface area (Å²) in [5.74, 6) is -0.521. The van der Waals surface area contributed by atoms with Gasteiger partial charge in [0.05, 0.1) is 4.92 Å². The number of benzene rings is 1. The second-order valence-corrected chi connectivity index (χ2v) is 4.55. The lowest BCUT2D eigenvalue weighted by Gasteiger charge is -2.04. The maximum atomic E-state index is 10.9. The fraction of sp³-hybridized carbons (Fsp3) is 0.125. The average Bonchev–Trinajstić information content (AvgIpc) is 2.14. The van der Waals surface area contributed by atoms with Crippen molar-refractivity contribution in [3.63, 3.8) is 0 Å². The van der Waals surface area contributed by atoms with Gasteiger partial charge < -0.3 is 5.32 Å². The van der Waals surface area contributed by atoms with Gasteiger partial charge in [-0.25, -0.2) is 0 Å². The Morgan fingerprint density at radius 1 is 1.41 bits per heavy atom. The van der Waals surface area contributed by atoms with E-state index in [9.17, 15) is 23.3 Å². The zero-order valence-corrected chi connectivity index (χ0v) is 9.39. The summed E-state index contributed by atoms with van der Waals surface area (Å²) >= 11 is 0. The van der Waals surface area contributed by atoms with Crippen LogP contribution in [-0.2, 0) is 14.9 Å². The van der Waals surface area contributed by atoms with Gasteiger partial charge in [0.1, 0.15) is 4.90 Å². The molecule has 0 spiro atoms. The highest BCUT2D eigenvalue weighted by Gasteiger charge is 2.17. The van der Waals surface area contributed by atoms with Crippen LogP contribution in [0.2, 0.25) is 0 Å². The van der Waals surface area contributed by atoms with Crippen molar-refractivity contribution in [1.82, 2.24) is 0 Å². The molecule has 0 unspecified atom stereocenters. The van der Waals surface area contributed by atoms with E-state index in [4.69, 9.17) is 4.55 Å². The molecule has 8 nitrogen and oxygen atoms in total. The predicted octanol–water partition coefficient (Wildman–Crippen LogP) is 0.800. The smallest absolute Gasteiger partial charge is 0.294 e. The fourth-order valence-electron chi connectivity index (χ4n) is 1.11. The van der Waals surface area contributed by atoms with Crippen molar-refractivity contribution in [2.75, 3.05) is 5.32 Å². The van der Waals surface area contributed by atoms with Crippen LogP contribution in [-0.4, -0.2) is 23.8 Å². The van der Waals surface area contributed by atoms with E-state index in [0.29, 0.717) is 6.07 Å². The van der Waals surface area contributed by atoms with Gasteiger partial charge in [-0.2, -0.15) is 8.42 Å². The largest absolute Gasteiger partial charge is 0.326 e. The van der Waals surface area contributed by atoms with Gasteiger partial charge in [0, 0.05) is 24.7 Å². The van der Waals surface area contributed by atoms with Crippen LogP contribution in [0.25, 0.3) is 0 Å². The van der Waals surface area contributed by atoms with Gasteiger partial charge in [-0.15, -0.1) is 0 Å². The van der Waals surface area contributed by atoms with Crippen LogP contribution in [0.3, 0.4) is 0 Å². The predicted molar refractivity (Wildman–Crippen MR) is 57.2 cm³/mol. The SMILES string of the molecule is CC(=O)Nc1cc([N+](=O)[O-])cc(S(=O)(=O)O)c1. The van der Waals surface area contributed by atoms with E-state index in [1.807, 2.05) is 0 Å². The highest BCUT2D eigenvalue weighted by Crippen LogP contribution is 2.23. The average molecular weight is 260 g/mol. The summed E-state index contributed by atoms with van der Waals surface area (Å²) in [5.41, 5.74) is -0.636. The summed E-state index contributed by atoms with van der Waals surface area (Å²) in [7, 11) is -4.57. The van der Waals surface area contributed by atoms with Crippen molar-refractivity contribution in [3.05, 3.63) is 28.3 Å². The number of carbonyl (C=O) groups is 1. The number of hydrogen-bond acceptors (Lipinski definition) is 5. The molecule has 1 aromatic rings. The van der Waals surface area contributed by atoms with E-state index in [1.54, 1.807) is 0 Å². The van der Waals surface area contributed by atoms with Gasteiger partial charge in [0.15, 0.2) is 0 Å². The zero-order chi connectivity index (χ0) is 13.2. The van der Waals surface area contributed by atoms with Gasteiger partial charge in [-0.05, 0) is 6.07 Å². The zero-order valence-electron chi connectivity index (χ0n) is 8.58. The minimum atomic E-state index is -4.57. The first kappa shape index (κ1) is 13.1. The first-order valence-corrected chi connectivity index (χ1v) is 5.69. The Balaban J connectivity index is 3.39. The second-order valence-electron chi connectivity index (χ2n) is 3.13. The summed E-state index contributed by atoms with van der Waals surface area (Å²) in [5, 5.41) is 12.7. The van der Waals surface area contributed by atoms with Crippen LogP contribution in [0.15, 0.2) is 23.1 Å². The highest BCUT2D eigenvalue weighted by molar-refractivity contribution is 7.85. The first-order valence-electron chi connectivity index (χ1n) is 4.24. The molecule has 1 aromatic carbocycles. The van der Waals surface area contributed by atoms with E-state index in [1.165, 1.54) is 0 Å². The number of anilines is 1. The molecular weight excluding hydrogens is 252 g/mol. The molecule has 0 saturated heterocycles.